The van der Waals surface area contributed by atoms with Gasteiger partial charge in [0.2, 0.25) is 10.0 Å². The summed E-state index contributed by atoms with van der Waals surface area (Å²) in [6, 6.07) is 4.80. The Morgan fingerprint density at radius 1 is 1.11 bits per heavy atom. The van der Waals surface area contributed by atoms with E-state index in [1.807, 2.05) is 14.0 Å². The van der Waals surface area contributed by atoms with E-state index in [9.17, 15) is 22.8 Å². The van der Waals surface area contributed by atoms with Gasteiger partial charge in [0.25, 0.3) is 11.8 Å². The van der Waals surface area contributed by atoms with Crippen LogP contribution in [-0.4, -0.2) is 62.2 Å². The highest BCUT2D eigenvalue weighted by Gasteiger charge is 2.30. The molecule has 10 nitrogen and oxygen atoms in total. The van der Waals surface area contributed by atoms with E-state index in [2.05, 4.69) is 15.5 Å². The highest BCUT2D eigenvalue weighted by Crippen LogP contribution is 2.37. The SMILES string of the molecule is CC1CCCN(S(=O)(=O)c2ccc(C(=O)Nc3sc4c(c3C(=O)NC(N)=O)CCN(C)C4)cc2)C1. The predicted molar refractivity (Wildman–Crippen MR) is 133 cm³/mol. The number of thiophene rings is 1. The summed E-state index contributed by atoms with van der Waals surface area (Å²) in [5.74, 6) is -0.839. The number of nitrogens with two attached hydrogens (primary N) is 1. The Hall–Kier alpha value is -2.80. The van der Waals surface area contributed by atoms with E-state index in [4.69, 9.17) is 5.73 Å². The third-order valence-corrected chi connectivity index (χ3v) is 9.32. The smallest absolute Gasteiger partial charge is 0.319 e. The van der Waals surface area contributed by atoms with Crippen molar-refractivity contribution in [2.45, 2.75) is 37.6 Å². The lowest BCUT2D eigenvalue weighted by atomic mass is 10.0. The quantitative estimate of drug-likeness (QED) is 0.553. The molecule has 1 atom stereocenters. The zero-order chi connectivity index (χ0) is 25.3. The molecule has 1 aromatic heterocycles. The van der Waals surface area contributed by atoms with Crippen LogP contribution >= 0.6 is 11.3 Å². The van der Waals surface area contributed by atoms with Crippen molar-refractivity contribution in [3.8, 4) is 0 Å². The molecular formula is C23H29N5O5S2. The average molecular weight is 520 g/mol. The van der Waals surface area contributed by atoms with Gasteiger partial charge < -0.3 is 16.0 Å². The Labute approximate surface area is 208 Å². The van der Waals surface area contributed by atoms with Crippen LogP contribution in [0.25, 0.3) is 0 Å². The summed E-state index contributed by atoms with van der Waals surface area (Å²) < 4.78 is 27.5. The highest BCUT2D eigenvalue weighted by molar-refractivity contribution is 7.89. The number of primary amides is 1. The van der Waals surface area contributed by atoms with Crippen LogP contribution in [-0.2, 0) is 23.0 Å². The first-order chi connectivity index (χ1) is 16.6. The van der Waals surface area contributed by atoms with Gasteiger partial charge in [-0.25, -0.2) is 13.2 Å². The molecule has 4 rings (SSSR count). The number of amides is 4. The molecule has 3 heterocycles. The molecule has 0 radical (unpaired) electrons. The molecule has 0 saturated carbocycles. The summed E-state index contributed by atoms with van der Waals surface area (Å²) in [6.45, 7) is 4.36. The number of hydrogen-bond acceptors (Lipinski definition) is 7. The van der Waals surface area contributed by atoms with Gasteiger partial charge in [0.15, 0.2) is 0 Å². The van der Waals surface area contributed by atoms with Gasteiger partial charge in [0.05, 0.1) is 10.5 Å². The van der Waals surface area contributed by atoms with E-state index in [0.29, 0.717) is 37.0 Å². The topological polar surface area (TPSA) is 142 Å². The number of piperidine rings is 1. The molecule has 1 fully saturated rings. The number of carbonyl (C=O) groups is 3. The molecule has 12 heteroatoms. The van der Waals surface area contributed by atoms with Crippen LogP contribution in [0.15, 0.2) is 29.2 Å². The summed E-state index contributed by atoms with van der Waals surface area (Å²) in [5, 5.41) is 5.18. The minimum absolute atomic E-state index is 0.138. The van der Waals surface area contributed by atoms with Crippen LogP contribution in [0.5, 0.6) is 0 Å². The van der Waals surface area contributed by atoms with Crippen molar-refractivity contribution in [1.29, 1.82) is 0 Å². The molecule has 1 unspecified atom stereocenters. The van der Waals surface area contributed by atoms with Crippen molar-refractivity contribution >= 4 is 44.2 Å². The summed E-state index contributed by atoms with van der Waals surface area (Å²) in [6.07, 6.45) is 2.43. The molecule has 188 valence electrons. The Bertz CT molecular complexity index is 1260. The van der Waals surface area contributed by atoms with Gasteiger partial charge in [-0.05, 0) is 62.1 Å². The summed E-state index contributed by atoms with van der Waals surface area (Å²) in [5.41, 5.74) is 6.42. The molecule has 0 aliphatic carbocycles. The van der Waals surface area contributed by atoms with Gasteiger partial charge >= 0.3 is 6.03 Å². The molecular weight excluding hydrogens is 490 g/mol. The monoisotopic (exact) mass is 519 g/mol. The number of benzene rings is 1. The van der Waals surface area contributed by atoms with Gasteiger partial charge in [-0.3, -0.25) is 14.9 Å². The second kappa shape index (κ2) is 10.1. The Morgan fingerprint density at radius 2 is 1.83 bits per heavy atom. The third-order valence-electron chi connectivity index (χ3n) is 6.31. The molecule has 0 spiro atoms. The zero-order valence-electron chi connectivity index (χ0n) is 19.7. The van der Waals surface area contributed by atoms with Crippen LogP contribution in [0, 0.1) is 5.92 Å². The maximum Gasteiger partial charge on any atom is 0.319 e. The molecule has 2 aliphatic heterocycles. The summed E-state index contributed by atoms with van der Waals surface area (Å²) in [4.78, 5) is 40.1. The zero-order valence-corrected chi connectivity index (χ0v) is 21.3. The number of fused-ring (bicyclic) bond motifs is 1. The first-order valence-corrected chi connectivity index (χ1v) is 13.7. The molecule has 1 saturated heterocycles. The number of likely N-dealkylation sites (N-methyl/N-ethyl adjacent to an activating group) is 1. The molecule has 35 heavy (non-hydrogen) atoms. The lowest BCUT2D eigenvalue weighted by Gasteiger charge is -2.30. The lowest BCUT2D eigenvalue weighted by Crippen LogP contribution is -2.39. The molecule has 0 bridgehead atoms. The number of hydrogen-bond donors (Lipinski definition) is 3. The van der Waals surface area contributed by atoms with Crippen molar-refractivity contribution in [2.24, 2.45) is 11.7 Å². The lowest BCUT2D eigenvalue weighted by molar-refractivity contribution is 0.0966. The van der Waals surface area contributed by atoms with Gasteiger partial charge in [-0.2, -0.15) is 4.31 Å². The number of anilines is 1. The van der Waals surface area contributed by atoms with Crippen LogP contribution in [0.2, 0.25) is 0 Å². The van der Waals surface area contributed by atoms with E-state index in [1.165, 1.54) is 39.9 Å². The minimum atomic E-state index is -3.63. The highest BCUT2D eigenvalue weighted by atomic mass is 32.2. The largest absolute Gasteiger partial charge is 0.351 e. The van der Waals surface area contributed by atoms with Crippen molar-refractivity contribution in [1.82, 2.24) is 14.5 Å². The van der Waals surface area contributed by atoms with Crippen molar-refractivity contribution in [2.75, 3.05) is 32.0 Å². The molecule has 2 aromatic rings. The Kier molecular flexibility index (Phi) is 7.27. The van der Waals surface area contributed by atoms with Crippen LogP contribution < -0.4 is 16.4 Å². The van der Waals surface area contributed by atoms with Gasteiger partial charge in [0, 0.05) is 36.6 Å². The van der Waals surface area contributed by atoms with Crippen molar-refractivity contribution in [3.63, 3.8) is 0 Å². The summed E-state index contributed by atoms with van der Waals surface area (Å²) >= 11 is 1.28. The Morgan fingerprint density at radius 3 is 2.49 bits per heavy atom. The number of nitrogens with one attached hydrogen (secondary N) is 2. The second-order valence-electron chi connectivity index (χ2n) is 9.10. The van der Waals surface area contributed by atoms with Gasteiger partial charge in [0.1, 0.15) is 5.00 Å². The number of rotatable bonds is 5. The normalized spacial score (nSPS) is 19.1. The molecule has 4 N–H and O–H groups in total. The maximum atomic E-state index is 13.0. The fraction of sp³-hybridized carbons (Fsp3) is 0.435. The van der Waals surface area contributed by atoms with Gasteiger partial charge in [-0.15, -0.1) is 11.3 Å². The predicted octanol–water partition coefficient (Wildman–Crippen LogP) is 2.22. The van der Waals surface area contributed by atoms with Crippen molar-refractivity contribution < 1.29 is 22.8 Å². The van der Waals surface area contributed by atoms with E-state index >= 15 is 0 Å². The van der Waals surface area contributed by atoms with Crippen molar-refractivity contribution in [3.05, 3.63) is 45.8 Å². The third kappa shape index (κ3) is 5.40. The molecule has 2 aliphatic rings. The maximum absolute atomic E-state index is 13.0. The number of urea groups is 1. The number of nitrogens with zero attached hydrogens (tertiary/aromatic N) is 2. The van der Waals surface area contributed by atoms with Crippen LogP contribution in [0.3, 0.4) is 0 Å². The minimum Gasteiger partial charge on any atom is -0.351 e. The fourth-order valence-corrected chi connectivity index (χ4v) is 7.42. The number of imide groups is 1. The van der Waals surface area contributed by atoms with E-state index in [1.54, 1.807) is 0 Å². The number of sulfonamides is 1. The van der Waals surface area contributed by atoms with E-state index in [0.717, 1.165) is 29.8 Å². The molecule has 1 aromatic carbocycles. The first-order valence-electron chi connectivity index (χ1n) is 11.4. The van der Waals surface area contributed by atoms with E-state index in [-0.39, 0.29) is 16.0 Å². The van der Waals surface area contributed by atoms with Crippen LogP contribution in [0.1, 0.15) is 50.9 Å². The Balaban J connectivity index is 1.56. The summed E-state index contributed by atoms with van der Waals surface area (Å²) in [7, 11) is -1.67. The standard InChI is InChI=1S/C23H29N5O5S2/c1-14-4-3-10-28(12-14)35(32,33)16-7-5-15(6-8-16)20(29)25-22-19(21(30)26-23(24)31)17-9-11-27(2)13-18(17)34-22/h5-8,14H,3-4,9-13H2,1-2H3,(H,25,29)(H3,24,26,30,31). The van der Waals surface area contributed by atoms with Crippen LogP contribution in [0.4, 0.5) is 9.80 Å². The molecule has 4 amide bonds. The first kappa shape index (κ1) is 25.3. The fourth-order valence-electron chi connectivity index (χ4n) is 4.50. The van der Waals surface area contributed by atoms with E-state index < -0.39 is 27.9 Å². The second-order valence-corrected chi connectivity index (χ2v) is 12.1. The van der Waals surface area contributed by atoms with Gasteiger partial charge in [-0.1, -0.05) is 6.92 Å². The average Bonchev–Trinajstić information content (AvgIpc) is 3.15. The number of carbonyl (C=O) groups excluding carboxylic acids is 3.